The molecule has 2 aromatic rings. The minimum atomic E-state index is -0.958. The molecule has 0 radical (unpaired) electrons. The molecule has 104 valence electrons. The summed E-state index contributed by atoms with van der Waals surface area (Å²) in [4.78, 5) is 15.8. The predicted octanol–water partition coefficient (Wildman–Crippen LogP) is 4.40. The molecule has 0 aliphatic rings. The molecule has 0 atom stereocenters. The van der Waals surface area contributed by atoms with Gasteiger partial charge in [0.1, 0.15) is 0 Å². The highest BCUT2D eigenvalue weighted by Crippen LogP contribution is 2.28. The zero-order valence-electron chi connectivity index (χ0n) is 11.6. The van der Waals surface area contributed by atoms with Gasteiger partial charge in [-0.2, -0.15) is 0 Å². The van der Waals surface area contributed by atoms with E-state index < -0.39 is 5.97 Å². The van der Waals surface area contributed by atoms with E-state index in [1.54, 1.807) is 18.2 Å². The van der Waals surface area contributed by atoms with Gasteiger partial charge in [-0.05, 0) is 24.3 Å². The molecule has 0 saturated heterocycles. The second-order valence-corrected chi connectivity index (χ2v) is 6.09. The zero-order valence-corrected chi connectivity index (χ0v) is 12.4. The molecule has 0 bridgehead atoms. The molecule has 4 heteroatoms. The van der Waals surface area contributed by atoms with Gasteiger partial charge < -0.3 is 5.11 Å². The second-order valence-electron chi connectivity index (χ2n) is 5.66. The lowest BCUT2D eigenvalue weighted by Gasteiger charge is -2.21. The molecule has 0 fully saturated rings. The van der Waals surface area contributed by atoms with E-state index in [-0.39, 0.29) is 11.0 Å². The minimum absolute atomic E-state index is 0.239. The van der Waals surface area contributed by atoms with Crippen LogP contribution in [0.15, 0.2) is 36.4 Å². The third kappa shape index (κ3) is 2.99. The maximum atomic E-state index is 11.3. The van der Waals surface area contributed by atoms with E-state index in [1.165, 1.54) is 0 Å². The summed E-state index contributed by atoms with van der Waals surface area (Å²) >= 11 is 5.98. The Labute approximate surface area is 123 Å². The Morgan fingerprint density at radius 2 is 1.90 bits per heavy atom. The molecule has 0 saturated carbocycles. The maximum Gasteiger partial charge on any atom is 0.337 e. The lowest BCUT2D eigenvalue weighted by molar-refractivity contribution is 0.0693. The second kappa shape index (κ2) is 5.25. The van der Waals surface area contributed by atoms with Crippen molar-refractivity contribution < 1.29 is 9.90 Å². The SMILES string of the molecule is CC(C)(C)c1nc(-c2cccc(Cl)c2)ccc1C(=O)O. The van der Waals surface area contributed by atoms with Gasteiger partial charge in [-0.3, -0.25) is 4.98 Å². The van der Waals surface area contributed by atoms with Gasteiger partial charge >= 0.3 is 5.97 Å². The van der Waals surface area contributed by atoms with Crippen LogP contribution in [-0.4, -0.2) is 16.1 Å². The summed E-state index contributed by atoms with van der Waals surface area (Å²) in [5.41, 5.74) is 2.07. The minimum Gasteiger partial charge on any atom is -0.478 e. The van der Waals surface area contributed by atoms with Gasteiger partial charge in [0.2, 0.25) is 0 Å². The van der Waals surface area contributed by atoms with Gasteiger partial charge in [-0.25, -0.2) is 4.79 Å². The van der Waals surface area contributed by atoms with Gasteiger partial charge in [0.05, 0.1) is 17.0 Å². The predicted molar refractivity (Wildman–Crippen MR) is 80.3 cm³/mol. The topological polar surface area (TPSA) is 50.2 Å². The molecule has 1 heterocycles. The third-order valence-corrected chi connectivity index (χ3v) is 3.19. The van der Waals surface area contributed by atoms with Crippen LogP contribution in [-0.2, 0) is 5.41 Å². The number of carboxylic acids is 1. The van der Waals surface area contributed by atoms with Crippen molar-refractivity contribution in [3.63, 3.8) is 0 Å². The zero-order chi connectivity index (χ0) is 14.9. The van der Waals surface area contributed by atoms with Gasteiger partial charge in [-0.1, -0.05) is 44.5 Å². The van der Waals surface area contributed by atoms with Crippen molar-refractivity contribution in [1.82, 2.24) is 4.98 Å². The first-order valence-corrected chi connectivity index (χ1v) is 6.67. The standard InChI is InChI=1S/C16H16ClNO2/c1-16(2,3)14-12(15(19)20)7-8-13(18-14)10-5-4-6-11(17)9-10/h4-9H,1-3H3,(H,19,20). The number of hydrogen-bond acceptors (Lipinski definition) is 2. The van der Waals surface area contributed by atoms with E-state index in [0.717, 1.165) is 11.3 Å². The van der Waals surface area contributed by atoms with E-state index in [9.17, 15) is 9.90 Å². The first kappa shape index (κ1) is 14.5. The smallest absolute Gasteiger partial charge is 0.337 e. The summed E-state index contributed by atoms with van der Waals surface area (Å²) in [7, 11) is 0. The number of rotatable bonds is 2. The van der Waals surface area contributed by atoms with E-state index in [2.05, 4.69) is 4.98 Å². The van der Waals surface area contributed by atoms with Crippen LogP contribution in [0.1, 0.15) is 36.8 Å². The average Bonchev–Trinajstić information content (AvgIpc) is 2.37. The largest absolute Gasteiger partial charge is 0.478 e. The molecular formula is C16H16ClNO2. The summed E-state index contributed by atoms with van der Waals surface area (Å²) in [6.07, 6.45) is 0. The molecule has 3 nitrogen and oxygen atoms in total. The Morgan fingerprint density at radius 1 is 1.20 bits per heavy atom. The Bertz CT molecular complexity index is 660. The fraction of sp³-hybridized carbons (Fsp3) is 0.250. The molecule has 1 N–H and O–H groups in total. The number of nitrogens with zero attached hydrogens (tertiary/aromatic N) is 1. The highest BCUT2D eigenvalue weighted by Gasteiger charge is 2.24. The average molecular weight is 290 g/mol. The Morgan fingerprint density at radius 3 is 2.45 bits per heavy atom. The summed E-state index contributed by atoms with van der Waals surface area (Å²) in [6.45, 7) is 5.84. The van der Waals surface area contributed by atoms with Crippen molar-refractivity contribution in [3.05, 3.63) is 52.7 Å². The van der Waals surface area contributed by atoms with Crippen LogP contribution in [0.3, 0.4) is 0 Å². The lowest BCUT2D eigenvalue weighted by Crippen LogP contribution is -2.19. The van der Waals surface area contributed by atoms with E-state index in [0.29, 0.717) is 10.7 Å². The van der Waals surface area contributed by atoms with E-state index >= 15 is 0 Å². The molecule has 2 rings (SSSR count). The van der Waals surface area contributed by atoms with Gasteiger partial charge in [0, 0.05) is 16.0 Å². The normalized spacial score (nSPS) is 11.4. The number of benzene rings is 1. The first-order valence-electron chi connectivity index (χ1n) is 6.30. The Balaban J connectivity index is 2.61. The number of carbonyl (C=O) groups is 1. The lowest BCUT2D eigenvalue weighted by atomic mass is 9.88. The summed E-state index contributed by atoms with van der Waals surface area (Å²) in [6, 6.07) is 10.7. The van der Waals surface area contributed by atoms with Gasteiger partial charge in [-0.15, -0.1) is 0 Å². The van der Waals surface area contributed by atoms with Gasteiger partial charge in [0.15, 0.2) is 0 Å². The number of aromatic carboxylic acids is 1. The van der Waals surface area contributed by atoms with Crippen LogP contribution in [0, 0.1) is 0 Å². The van der Waals surface area contributed by atoms with Gasteiger partial charge in [0.25, 0.3) is 0 Å². The molecule has 0 aliphatic carbocycles. The molecule has 0 unspecified atom stereocenters. The summed E-state index contributed by atoms with van der Waals surface area (Å²) in [5, 5.41) is 9.90. The quantitative estimate of drug-likeness (QED) is 0.891. The monoisotopic (exact) mass is 289 g/mol. The van der Waals surface area contributed by atoms with Crippen molar-refractivity contribution in [2.24, 2.45) is 0 Å². The summed E-state index contributed by atoms with van der Waals surface area (Å²) in [5.74, 6) is -0.958. The highest BCUT2D eigenvalue weighted by molar-refractivity contribution is 6.30. The number of carboxylic acid groups (broad SMARTS) is 1. The van der Waals surface area contributed by atoms with Crippen LogP contribution in [0.2, 0.25) is 5.02 Å². The Hall–Kier alpha value is -1.87. The molecule has 0 spiro atoms. The number of hydrogen-bond donors (Lipinski definition) is 1. The van der Waals surface area contributed by atoms with Crippen molar-refractivity contribution in [2.45, 2.75) is 26.2 Å². The number of halogens is 1. The van der Waals surface area contributed by atoms with Crippen LogP contribution >= 0.6 is 11.6 Å². The third-order valence-electron chi connectivity index (χ3n) is 2.96. The van der Waals surface area contributed by atoms with Crippen LogP contribution in [0.5, 0.6) is 0 Å². The number of aromatic nitrogens is 1. The van der Waals surface area contributed by atoms with Crippen molar-refractivity contribution in [2.75, 3.05) is 0 Å². The van der Waals surface area contributed by atoms with Crippen molar-refractivity contribution >= 4 is 17.6 Å². The summed E-state index contributed by atoms with van der Waals surface area (Å²) < 4.78 is 0. The molecule has 0 amide bonds. The van der Waals surface area contributed by atoms with Crippen LogP contribution < -0.4 is 0 Å². The molecule has 1 aromatic heterocycles. The first-order chi connectivity index (χ1) is 9.29. The number of pyridine rings is 1. The van der Waals surface area contributed by atoms with Crippen molar-refractivity contribution in [3.8, 4) is 11.3 Å². The molecular weight excluding hydrogens is 274 g/mol. The van der Waals surface area contributed by atoms with Crippen molar-refractivity contribution in [1.29, 1.82) is 0 Å². The van der Waals surface area contributed by atoms with E-state index in [1.807, 2.05) is 39.0 Å². The molecule has 1 aromatic carbocycles. The van der Waals surface area contributed by atoms with Crippen LogP contribution in [0.25, 0.3) is 11.3 Å². The van der Waals surface area contributed by atoms with Crippen LogP contribution in [0.4, 0.5) is 0 Å². The van der Waals surface area contributed by atoms with E-state index in [4.69, 9.17) is 11.6 Å². The molecule has 20 heavy (non-hydrogen) atoms. The fourth-order valence-electron chi connectivity index (χ4n) is 2.01. The highest BCUT2D eigenvalue weighted by atomic mass is 35.5. The Kier molecular flexibility index (Phi) is 3.82. The maximum absolute atomic E-state index is 11.3. The molecule has 0 aliphatic heterocycles. The fourth-order valence-corrected chi connectivity index (χ4v) is 2.20.